The lowest BCUT2D eigenvalue weighted by Crippen LogP contribution is -2.53. The largest absolute Gasteiger partial charge is 0.394 e. The van der Waals surface area contributed by atoms with Crippen LogP contribution in [0.2, 0.25) is 0 Å². The van der Waals surface area contributed by atoms with Crippen LogP contribution in [0.1, 0.15) is 18.4 Å². The molecule has 0 aliphatic carbocycles. The number of amides is 1. The summed E-state index contributed by atoms with van der Waals surface area (Å²) in [6, 6.07) is 6.49. The maximum Gasteiger partial charge on any atom is 0.220 e. The highest BCUT2D eigenvalue weighted by atomic mass is 35.5. The fourth-order valence-corrected chi connectivity index (χ4v) is 3.31. The van der Waals surface area contributed by atoms with E-state index in [0.29, 0.717) is 37.7 Å². The average Bonchev–Trinajstić information content (AvgIpc) is 2.76. The van der Waals surface area contributed by atoms with Gasteiger partial charge >= 0.3 is 0 Å². The fourth-order valence-electron chi connectivity index (χ4n) is 2.91. The third-order valence-corrected chi connectivity index (χ3v) is 4.99. The third kappa shape index (κ3) is 8.75. The number of halogens is 2. The van der Waals surface area contributed by atoms with E-state index < -0.39 is 36.9 Å². The van der Waals surface area contributed by atoms with Crippen LogP contribution in [0.15, 0.2) is 24.3 Å². The number of rotatable bonds is 15. The molecule has 8 nitrogen and oxygen atoms in total. The molecule has 0 fully saturated rings. The van der Waals surface area contributed by atoms with Crippen LogP contribution >= 0.6 is 23.2 Å². The second kappa shape index (κ2) is 14.6. The van der Waals surface area contributed by atoms with Crippen molar-refractivity contribution in [2.24, 2.45) is 0 Å². The first-order chi connectivity index (χ1) is 14.4. The Kier molecular flexibility index (Phi) is 12.9. The third-order valence-electron chi connectivity index (χ3n) is 4.65. The Labute approximate surface area is 186 Å². The number of benzene rings is 1. The van der Waals surface area contributed by atoms with E-state index in [2.05, 4.69) is 10.2 Å². The Bertz CT molecular complexity index is 628. The highest BCUT2D eigenvalue weighted by Crippen LogP contribution is 2.17. The Morgan fingerprint density at radius 3 is 2.17 bits per heavy atom. The topological polar surface area (TPSA) is 130 Å². The van der Waals surface area contributed by atoms with Gasteiger partial charge in [-0.25, -0.2) is 0 Å². The molecule has 0 aliphatic heterocycles. The molecular formula is C20H30Cl2N2O6. The lowest BCUT2D eigenvalue weighted by molar-refractivity contribution is -0.131. The van der Waals surface area contributed by atoms with E-state index in [0.717, 1.165) is 11.3 Å². The molecule has 0 spiro atoms. The van der Waals surface area contributed by atoms with Crippen molar-refractivity contribution in [2.45, 2.75) is 43.6 Å². The number of aliphatic hydroxyl groups is 4. The number of carbonyl (C=O) groups excluding carboxylic acids is 2. The minimum atomic E-state index is -1.76. The molecule has 1 aromatic rings. The van der Waals surface area contributed by atoms with Crippen molar-refractivity contribution < 1.29 is 30.0 Å². The second-order valence-electron chi connectivity index (χ2n) is 6.85. The summed E-state index contributed by atoms with van der Waals surface area (Å²) in [7, 11) is 0. The molecule has 10 heteroatoms. The standard InChI is InChI=1S/C20H30Cl2N2O6/c21-8-10-24(11-9-22)15-6-4-14(5-7-15)2-1-3-18(28)23-16(12-25)19(29)20(30)17(27)13-26/h4-7,12,16-17,19-20,26-27,29-30H,1-3,8-11,13H2,(H,23,28)/t16-,17+,19+,20+/m0/s1. The number of nitrogens with zero attached hydrogens (tertiary/aromatic N) is 1. The monoisotopic (exact) mass is 464 g/mol. The molecule has 0 aromatic heterocycles. The highest BCUT2D eigenvalue weighted by Gasteiger charge is 2.31. The van der Waals surface area contributed by atoms with E-state index in [1.807, 2.05) is 24.3 Å². The molecule has 0 saturated carbocycles. The summed E-state index contributed by atoms with van der Waals surface area (Å²) in [5.41, 5.74) is 2.06. The van der Waals surface area contributed by atoms with Crippen LogP contribution < -0.4 is 10.2 Å². The summed E-state index contributed by atoms with van der Waals surface area (Å²) >= 11 is 11.6. The molecule has 0 bridgehead atoms. The Morgan fingerprint density at radius 2 is 1.67 bits per heavy atom. The molecule has 0 heterocycles. The zero-order valence-corrected chi connectivity index (χ0v) is 18.2. The van der Waals surface area contributed by atoms with E-state index in [1.54, 1.807) is 0 Å². The van der Waals surface area contributed by atoms with Gasteiger partial charge in [0.25, 0.3) is 0 Å². The quantitative estimate of drug-likeness (QED) is 0.183. The van der Waals surface area contributed by atoms with Gasteiger partial charge in [0.2, 0.25) is 5.91 Å². The van der Waals surface area contributed by atoms with Crippen molar-refractivity contribution in [3.05, 3.63) is 29.8 Å². The van der Waals surface area contributed by atoms with Gasteiger partial charge in [-0.3, -0.25) is 4.79 Å². The lowest BCUT2D eigenvalue weighted by Gasteiger charge is -2.26. The fraction of sp³-hybridized carbons (Fsp3) is 0.600. The van der Waals surface area contributed by atoms with Crippen LogP contribution in [0.4, 0.5) is 5.69 Å². The van der Waals surface area contributed by atoms with E-state index in [4.69, 9.17) is 28.3 Å². The first kappa shape index (κ1) is 26.6. The SMILES string of the molecule is O=C[C@H](NC(=O)CCCc1ccc(N(CCCl)CCCl)cc1)[C@@H](O)[C@H](O)[C@H](O)CO. The van der Waals surface area contributed by atoms with Crippen LogP contribution in [-0.2, 0) is 16.0 Å². The Morgan fingerprint density at radius 1 is 1.07 bits per heavy atom. The van der Waals surface area contributed by atoms with Gasteiger partial charge in [0.1, 0.15) is 30.6 Å². The van der Waals surface area contributed by atoms with Crippen molar-refractivity contribution in [2.75, 3.05) is 36.4 Å². The summed E-state index contributed by atoms with van der Waals surface area (Å²) in [6.07, 6.45) is -3.57. The number of alkyl halides is 2. The van der Waals surface area contributed by atoms with E-state index in [1.165, 1.54) is 0 Å². The van der Waals surface area contributed by atoms with Crippen LogP contribution in [0.3, 0.4) is 0 Å². The molecular weight excluding hydrogens is 435 g/mol. The zero-order valence-electron chi connectivity index (χ0n) is 16.7. The molecule has 4 atom stereocenters. The maximum absolute atomic E-state index is 12.0. The summed E-state index contributed by atoms with van der Waals surface area (Å²) in [5.74, 6) is 0.532. The first-order valence-corrected chi connectivity index (χ1v) is 10.8. The summed E-state index contributed by atoms with van der Waals surface area (Å²) in [4.78, 5) is 25.3. The molecule has 30 heavy (non-hydrogen) atoms. The van der Waals surface area contributed by atoms with Crippen molar-refractivity contribution >= 4 is 41.1 Å². The summed E-state index contributed by atoms with van der Waals surface area (Å²) in [6.45, 7) is 0.606. The molecule has 1 aromatic carbocycles. The Balaban J connectivity index is 2.50. The summed E-state index contributed by atoms with van der Waals surface area (Å²) in [5, 5.41) is 40.0. The minimum Gasteiger partial charge on any atom is -0.394 e. The normalized spacial score (nSPS) is 15.1. The molecule has 1 rings (SSSR count). The van der Waals surface area contributed by atoms with Crippen molar-refractivity contribution in [1.82, 2.24) is 5.32 Å². The van der Waals surface area contributed by atoms with Gasteiger partial charge in [-0.2, -0.15) is 0 Å². The van der Waals surface area contributed by atoms with Gasteiger partial charge in [-0.05, 0) is 30.5 Å². The van der Waals surface area contributed by atoms with Crippen LogP contribution in [0, 0.1) is 0 Å². The smallest absolute Gasteiger partial charge is 0.220 e. The number of nitrogens with one attached hydrogen (secondary N) is 1. The van der Waals surface area contributed by atoms with Crippen molar-refractivity contribution in [1.29, 1.82) is 0 Å². The highest BCUT2D eigenvalue weighted by molar-refractivity contribution is 6.18. The number of aldehydes is 1. The summed E-state index contributed by atoms with van der Waals surface area (Å²) < 4.78 is 0. The van der Waals surface area contributed by atoms with Gasteiger partial charge in [0.15, 0.2) is 0 Å². The van der Waals surface area contributed by atoms with Crippen LogP contribution in [0.5, 0.6) is 0 Å². The minimum absolute atomic E-state index is 0.113. The number of aliphatic hydroxyl groups excluding tert-OH is 4. The Hall–Kier alpha value is -1.42. The number of hydrogen-bond acceptors (Lipinski definition) is 7. The van der Waals surface area contributed by atoms with E-state index in [-0.39, 0.29) is 12.7 Å². The van der Waals surface area contributed by atoms with E-state index in [9.17, 15) is 24.9 Å². The zero-order chi connectivity index (χ0) is 22.5. The van der Waals surface area contributed by atoms with Gasteiger partial charge in [0, 0.05) is 37.0 Å². The average molecular weight is 465 g/mol. The predicted molar refractivity (Wildman–Crippen MR) is 116 cm³/mol. The van der Waals surface area contributed by atoms with Crippen LogP contribution in [0.25, 0.3) is 0 Å². The molecule has 1 amide bonds. The van der Waals surface area contributed by atoms with Crippen molar-refractivity contribution in [3.63, 3.8) is 0 Å². The lowest BCUT2D eigenvalue weighted by atomic mass is 10.0. The first-order valence-electron chi connectivity index (χ1n) is 9.73. The van der Waals surface area contributed by atoms with Gasteiger partial charge < -0.3 is 35.4 Å². The number of carbonyl (C=O) groups is 2. The van der Waals surface area contributed by atoms with Gasteiger partial charge in [0.05, 0.1) is 6.61 Å². The molecule has 170 valence electrons. The van der Waals surface area contributed by atoms with Gasteiger partial charge in [-0.15, -0.1) is 23.2 Å². The number of anilines is 1. The molecule has 0 unspecified atom stereocenters. The van der Waals surface area contributed by atoms with E-state index >= 15 is 0 Å². The molecule has 5 N–H and O–H groups in total. The van der Waals surface area contributed by atoms with Gasteiger partial charge in [-0.1, -0.05) is 12.1 Å². The molecule has 0 saturated heterocycles. The van der Waals surface area contributed by atoms with Crippen LogP contribution in [-0.4, -0.2) is 88.4 Å². The molecule has 0 radical (unpaired) electrons. The number of hydrogen-bond donors (Lipinski definition) is 5. The second-order valence-corrected chi connectivity index (χ2v) is 7.60. The number of aryl methyl sites for hydroxylation is 1. The maximum atomic E-state index is 12.0. The van der Waals surface area contributed by atoms with Crippen molar-refractivity contribution in [3.8, 4) is 0 Å². The molecule has 0 aliphatic rings. The predicted octanol–water partition coefficient (Wildman–Crippen LogP) is 0.0520.